The predicted octanol–water partition coefficient (Wildman–Crippen LogP) is 0.429. The molecule has 0 unspecified atom stereocenters. The zero-order valence-corrected chi connectivity index (χ0v) is 7.24. The van der Waals surface area contributed by atoms with Gasteiger partial charge in [-0.15, -0.1) is 0 Å². The summed E-state index contributed by atoms with van der Waals surface area (Å²) in [6.45, 7) is 2.02. The Bertz CT molecular complexity index is 374. The van der Waals surface area contributed by atoms with E-state index in [4.69, 9.17) is 0 Å². The van der Waals surface area contributed by atoms with E-state index in [1.807, 2.05) is 12.2 Å². The van der Waals surface area contributed by atoms with E-state index < -0.39 is 0 Å². The monoisotopic (exact) mass is 175 g/mol. The lowest BCUT2D eigenvalue weighted by Gasteiger charge is -2.09. The van der Waals surface area contributed by atoms with E-state index in [1.54, 1.807) is 6.20 Å². The first-order valence-corrected chi connectivity index (χ1v) is 4.03. The lowest BCUT2D eigenvalue weighted by atomic mass is 10.1. The summed E-state index contributed by atoms with van der Waals surface area (Å²) in [5.74, 6) is 0.519. The average Bonchev–Trinajstić information content (AvgIpc) is 2.49. The second kappa shape index (κ2) is 2.97. The molecule has 0 saturated heterocycles. The van der Waals surface area contributed by atoms with Crippen molar-refractivity contribution in [3.05, 3.63) is 23.9 Å². The number of dihydropyridines is 1. The predicted molar refractivity (Wildman–Crippen MR) is 50.8 cm³/mol. The molecule has 0 bridgehead atoms. The van der Waals surface area contributed by atoms with Gasteiger partial charge in [0.2, 0.25) is 5.91 Å². The van der Waals surface area contributed by atoms with Crippen molar-refractivity contribution in [2.24, 2.45) is 9.98 Å². The van der Waals surface area contributed by atoms with Crippen LogP contribution in [0.4, 0.5) is 0 Å². The third-order valence-electron chi connectivity index (χ3n) is 1.81. The first kappa shape index (κ1) is 7.91. The number of allylic oxidation sites excluding steroid dienone is 1. The highest BCUT2D eigenvalue weighted by molar-refractivity contribution is 6.16. The first-order valence-electron chi connectivity index (χ1n) is 4.03. The largest absolute Gasteiger partial charge is 0.311 e. The molecule has 0 aromatic carbocycles. The molecular weight excluding hydrogens is 166 g/mol. The molecule has 2 rings (SSSR count). The van der Waals surface area contributed by atoms with Gasteiger partial charge in [0.1, 0.15) is 5.84 Å². The lowest BCUT2D eigenvalue weighted by Crippen LogP contribution is -2.30. The summed E-state index contributed by atoms with van der Waals surface area (Å²) in [5, 5.41) is 2.64. The number of carbonyl (C=O) groups excluding carboxylic acids is 1. The van der Waals surface area contributed by atoms with Gasteiger partial charge in [0.05, 0.1) is 12.3 Å². The molecule has 1 N–H and O–H groups in total. The van der Waals surface area contributed by atoms with Gasteiger partial charge in [-0.05, 0) is 12.2 Å². The summed E-state index contributed by atoms with van der Waals surface area (Å²) >= 11 is 0. The fourth-order valence-electron chi connectivity index (χ4n) is 1.25. The molecule has 0 aromatic rings. The molecule has 0 aromatic heterocycles. The fraction of sp³-hybridized carbons (Fsp3) is 0.222. The van der Waals surface area contributed by atoms with Gasteiger partial charge in [0.15, 0.2) is 0 Å². The van der Waals surface area contributed by atoms with Crippen molar-refractivity contribution in [2.75, 3.05) is 6.54 Å². The second-order valence-electron chi connectivity index (χ2n) is 2.87. The van der Waals surface area contributed by atoms with Gasteiger partial charge in [0, 0.05) is 18.7 Å². The number of hydrogen-bond donors (Lipinski definition) is 1. The molecule has 0 radical (unpaired) electrons. The summed E-state index contributed by atoms with van der Waals surface area (Å²) in [4.78, 5) is 19.0. The quantitative estimate of drug-likeness (QED) is 0.570. The number of hydrogen-bond acceptors (Lipinski definition) is 3. The molecule has 1 amide bonds. The molecule has 0 saturated carbocycles. The van der Waals surface area contributed by atoms with Gasteiger partial charge in [0.25, 0.3) is 0 Å². The van der Waals surface area contributed by atoms with Gasteiger partial charge in [-0.25, -0.2) is 0 Å². The Labute approximate surface area is 75.8 Å². The van der Waals surface area contributed by atoms with E-state index in [0.717, 1.165) is 11.3 Å². The van der Waals surface area contributed by atoms with Crippen molar-refractivity contribution >= 4 is 17.5 Å². The Kier molecular flexibility index (Phi) is 1.81. The number of aliphatic imine (C=N–C) groups is 2. The minimum Gasteiger partial charge on any atom is -0.311 e. The number of amides is 1. The van der Waals surface area contributed by atoms with Gasteiger partial charge in [-0.1, -0.05) is 0 Å². The molecule has 4 heteroatoms. The maximum atomic E-state index is 10.7. The SMILES string of the molecule is CC(=O)NC1=NCC2=NC=CC2=C1. The number of carbonyl (C=O) groups is 1. The Morgan fingerprint density at radius 1 is 1.62 bits per heavy atom. The van der Waals surface area contributed by atoms with Crippen LogP contribution in [0.1, 0.15) is 6.92 Å². The summed E-state index contributed by atoms with van der Waals surface area (Å²) < 4.78 is 0. The van der Waals surface area contributed by atoms with Crippen LogP contribution in [0.2, 0.25) is 0 Å². The Hall–Kier alpha value is -1.71. The average molecular weight is 175 g/mol. The molecule has 2 aliphatic rings. The molecular formula is C9H9N3O. The number of fused-ring (bicyclic) bond motifs is 1. The number of rotatable bonds is 0. The van der Waals surface area contributed by atoms with Crippen LogP contribution in [-0.2, 0) is 4.79 Å². The molecule has 0 fully saturated rings. The van der Waals surface area contributed by atoms with E-state index in [1.165, 1.54) is 6.92 Å². The highest BCUT2D eigenvalue weighted by atomic mass is 16.1. The summed E-state index contributed by atoms with van der Waals surface area (Å²) in [5.41, 5.74) is 2.01. The van der Waals surface area contributed by atoms with Crippen molar-refractivity contribution < 1.29 is 4.79 Å². The molecule has 0 spiro atoms. The highest BCUT2D eigenvalue weighted by Gasteiger charge is 2.14. The van der Waals surface area contributed by atoms with Gasteiger partial charge < -0.3 is 5.32 Å². The maximum Gasteiger partial charge on any atom is 0.222 e. The van der Waals surface area contributed by atoms with Crippen LogP contribution in [0.15, 0.2) is 33.9 Å². The van der Waals surface area contributed by atoms with Crippen molar-refractivity contribution in [2.45, 2.75) is 6.92 Å². The third kappa shape index (κ3) is 1.56. The molecule has 0 atom stereocenters. The molecule has 2 heterocycles. The van der Waals surface area contributed by atoms with E-state index in [-0.39, 0.29) is 5.91 Å². The van der Waals surface area contributed by atoms with E-state index in [2.05, 4.69) is 15.3 Å². The zero-order valence-electron chi connectivity index (χ0n) is 7.24. The topological polar surface area (TPSA) is 53.8 Å². The number of nitrogens with zero attached hydrogens (tertiary/aromatic N) is 2. The van der Waals surface area contributed by atoms with Crippen LogP contribution in [-0.4, -0.2) is 24.0 Å². The molecule has 0 aliphatic carbocycles. The zero-order chi connectivity index (χ0) is 9.26. The van der Waals surface area contributed by atoms with Gasteiger partial charge in [-0.2, -0.15) is 0 Å². The van der Waals surface area contributed by atoms with Gasteiger partial charge >= 0.3 is 0 Å². The van der Waals surface area contributed by atoms with Gasteiger partial charge in [-0.3, -0.25) is 14.8 Å². The standard InChI is InChI=1S/C9H9N3O/c1-6(13)12-9-4-7-2-3-10-8(7)5-11-9/h2-4H,5H2,1H3,(H,11,12,13). The van der Waals surface area contributed by atoms with Crippen molar-refractivity contribution in [3.8, 4) is 0 Å². The fourth-order valence-corrected chi connectivity index (χ4v) is 1.25. The van der Waals surface area contributed by atoms with Crippen molar-refractivity contribution in [1.29, 1.82) is 0 Å². The van der Waals surface area contributed by atoms with Crippen molar-refractivity contribution in [3.63, 3.8) is 0 Å². The van der Waals surface area contributed by atoms with Crippen LogP contribution in [0.3, 0.4) is 0 Å². The Morgan fingerprint density at radius 2 is 2.46 bits per heavy atom. The van der Waals surface area contributed by atoms with E-state index >= 15 is 0 Å². The molecule has 4 nitrogen and oxygen atoms in total. The molecule has 2 aliphatic heterocycles. The Balaban J connectivity index is 2.18. The second-order valence-corrected chi connectivity index (χ2v) is 2.87. The minimum absolute atomic E-state index is 0.0991. The maximum absolute atomic E-state index is 10.7. The summed E-state index contributed by atoms with van der Waals surface area (Å²) in [7, 11) is 0. The highest BCUT2D eigenvalue weighted by Crippen LogP contribution is 2.12. The normalized spacial score (nSPS) is 18.7. The van der Waals surface area contributed by atoms with E-state index in [0.29, 0.717) is 12.4 Å². The molecule has 13 heavy (non-hydrogen) atoms. The smallest absolute Gasteiger partial charge is 0.222 e. The minimum atomic E-state index is -0.0991. The number of amidine groups is 1. The molecule has 66 valence electrons. The first-order chi connectivity index (χ1) is 6.25. The van der Waals surface area contributed by atoms with Crippen molar-refractivity contribution in [1.82, 2.24) is 5.32 Å². The van der Waals surface area contributed by atoms with Crippen LogP contribution in [0.25, 0.3) is 0 Å². The Morgan fingerprint density at radius 3 is 3.23 bits per heavy atom. The van der Waals surface area contributed by atoms with Crippen LogP contribution < -0.4 is 5.32 Å². The van der Waals surface area contributed by atoms with Crippen LogP contribution in [0.5, 0.6) is 0 Å². The van der Waals surface area contributed by atoms with Crippen LogP contribution in [0, 0.1) is 0 Å². The summed E-state index contributed by atoms with van der Waals surface area (Å²) in [6.07, 6.45) is 5.48. The van der Waals surface area contributed by atoms with E-state index in [9.17, 15) is 4.79 Å². The lowest BCUT2D eigenvalue weighted by molar-refractivity contribution is -0.117. The number of nitrogens with one attached hydrogen (secondary N) is 1. The summed E-state index contributed by atoms with van der Waals surface area (Å²) in [6, 6.07) is 0. The van der Waals surface area contributed by atoms with Crippen LogP contribution >= 0.6 is 0 Å². The third-order valence-corrected chi connectivity index (χ3v) is 1.81.